The Morgan fingerprint density at radius 1 is 0.577 bits per heavy atom. The van der Waals surface area contributed by atoms with Crippen LogP contribution in [0.4, 0.5) is 0 Å². The van der Waals surface area contributed by atoms with Gasteiger partial charge in [-0.1, -0.05) is 73.9 Å². The van der Waals surface area contributed by atoms with Crippen molar-refractivity contribution < 1.29 is 0 Å². The van der Waals surface area contributed by atoms with Crippen molar-refractivity contribution in [3.8, 4) is 11.1 Å². The molecule has 0 spiro atoms. The van der Waals surface area contributed by atoms with Crippen molar-refractivity contribution in [1.82, 2.24) is 0 Å². The Balaban J connectivity index is 2.04. The minimum Gasteiger partial charge on any atom is -0.186 e. The van der Waals surface area contributed by atoms with Gasteiger partial charge in [-0.05, 0) is 44.9 Å². The van der Waals surface area contributed by atoms with E-state index in [1.165, 1.54) is 32.0 Å². The van der Waals surface area contributed by atoms with Gasteiger partial charge >= 0.3 is 0 Å². The van der Waals surface area contributed by atoms with Crippen LogP contribution >= 0.6 is 21.8 Å². The van der Waals surface area contributed by atoms with Gasteiger partial charge in [0.15, 0.2) is 0 Å². The van der Waals surface area contributed by atoms with Crippen LogP contribution in [0.15, 0.2) is 105 Å². The highest BCUT2D eigenvalue weighted by molar-refractivity contribution is 8.22. The topological polar surface area (TPSA) is 0 Å². The zero-order valence-electron chi connectivity index (χ0n) is 14.5. The Morgan fingerprint density at radius 3 is 1.31 bits per heavy atom. The largest absolute Gasteiger partial charge is 0.186 e. The maximum absolute atomic E-state index is 4.09. The molecule has 0 saturated heterocycles. The van der Waals surface area contributed by atoms with Gasteiger partial charge in [-0.15, -0.1) is 0 Å². The Morgan fingerprint density at radius 2 is 0.962 bits per heavy atom. The van der Waals surface area contributed by atoms with Crippen LogP contribution in [0.25, 0.3) is 23.3 Å². The number of allylic oxidation sites excluding steroid dienone is 4. The van der Waals surface area contributed by atoms with E-state index in [1.807, 2.05) is 12.2 Å². The molecule has 0 fully saturated rings. The maximum atomic E-state index is 4.09. The van der Waals surface area contributed by atoms with Gasteiger partial charge in [-0.3, -0.25) is 0 Å². The highest BCUT2D eigenvalue weighted by Crippen LogP contribution is 2.54. The zero-order valence-corrected chi connectivity index (χ0v) is 16.3. The quantitative estimate of drug-likeness (QED) is 0.499. The fraction of sp³-hybridized carbons (Fsp3) is 0. The normalized spacial score (nSPS) is 17.2. The van der Waals surface area contributed by atoms with Gasteiger partial charge in [0.05, 0.1) is 0 Å². The lowest BCUT2D eigenvalue weighted by molar-refractivity contribution is 1.35. The molecule has 2 aromatic rings. The third-order valence-corrected chi connectivity index (χ3v) is 8.44. The average molecular weight is 375 g/mol. The van der Waals surface area contributed by atoms with Crippen LogP contribution in [0.1, 0.15) is 11.1 Å². The van der Waals surface area contributed by atoms with E-state index in [4.69, 9.17) is 0 Å². The second-order valence-electron chi connectivity index (χ2n) is 6.07. The number of benzene rings is 2. The van der Waals surface area contributed by atoms with Gasteiger partial charge in [-0.2, -0.15) is 21.8 Å². The SMILES string of the molecule is C=Cc1cccc([SH]2C=CC=C2)c1-c1c(C=C)cccc1[SH]1C=CC=C1. The molecule has 0 bridgehead atoms. The van der Waals surface area contributed by atoms with Gasteiger partial charge in [-0.25, -0.2) is 0 Å². The molecular weight excluding hydrogens is 352 g/mol. The van der Waals surface area contributed by atoms with Gasteiger partial charge in [0.1, 0.15) is 0 Å². The van der Waals surface area contributed by atoms with E-state index in [2.05, 4.69) is 95.5 Å². The molecule has 0 aromatic heterocycles. The van der Waals surface area contributed by atoms with Crippen LogP contribution in [0.3, 0.4) is 0 Å². The molecule has 0 amide bonds. The van der Waals surface area contributed by atoms with E-state index in [1.54, 1.807) is 0 Å². The van der Waals surface area contributed by atoms with E-state index >= 15 is 0 Å². The third kappa shape index (κ3) is 2.96. The first-order valence-electron chi connectivity index (χ1n) is 8.61. The number of hydrogen-bond acceptors (Lipinski definition) is 0. The summed E-state index contributed by atoms with van der Waals surface area (Å²) in [5.74, 6) is 0. The molecule has 130 valence electrons. The summed E-state index contributed by atoms with van der Waals surface area (Å²) >= 11 is 0. The monoisotopic (exact) mass is 374 g/mol. The molecule has 0 saturated carbocycles. The molecule has 0 unspecified atom stereocenters. The molecule has 0 N–H and O–H groups in total. The van der Waals surface area contributed by atoms with Gasteiger partial charge in [0, 0.05) is 20.9 Å². The minimum absolute atomic E-state index is 0.421. The summed E-state index contributed by atoms with van der Waals surface area (Å²) in [6, 6.07) is 13.2. The Bertz CT molecular complexity index is 884. The maximum Gasteiger partial charge on any atom is 0.00303 e. The fourth-order valence-corrected chi connectivity index (χ4v) is 6.92. The van der Waals surface area contributed by atoms with Crippen molar-refractivity contribution >= 4 is 33.9 Å². The van der Waals surface area contributed by atoms with Gasteiger partial charge in [0.2, 0.25) is 0 Å². The molecule has 2 heterocycles. The summed E-state index contributed by atoms with van der Waals surface area (Å²) in [5.41, 5.74) is 5.01. The first kappa shape index (κ1) is 17.0. The zero-order chi connectivity index (χ0) is 17.9. The van der Waals surface area contributed by atoms with Crippen molar-refractivity contribution in [2.75, 3.05) is 0 Å². The summed E-state index contributed by atoms with van der Waals surface area (Å²) in [5, 5.41) is 9.27. The number of rotatable bonds is 5. The lowest BCUT2D eigenvalue weighted by atomic mass is 9.95. The van der Waals surface area contributed by atoms with E-state index in [-0.39, 0.29) is 0 Å². The molecule has 2 aromatic carbocycles. The van der Waals surface area contributed by atoms with Crippen molar-refractivity contribution in [2.24, 2.45) is 0 Å². The second-order valence-corrected chi connectivity index (χ2v) is 9.86. The summed E-state index contributed by atoms with van der Waals surface area (Å²) in [6.45, 7) is 8.18. The lowest BCUT2D eigenvalue weighted by Crippen LogP contribution is -1.95. The van der Waals surface area contributed by atoms with Crippen LogP contribution in [0.5, 0.6) is 0 Å². The average Bonchev–Trinajstić information content (AvgIpc) is 3.40. The molecule has 2 aliphatic rings. The summed E-state index contributed by atoms with van der Waals surface area (Å²) in [6.07, 6.45) is 12.6. The standard InChI is InChI=1S/C24H22S2/c1-3-19-11-9-13-21(25-15-5-6-16-25)23(19)24-20(4-2)12-10-14-22(24)26-17-7-8-18-26/h3-18,25-26H,1-2H2. The summed E-state index contributed by atoms with van der Waals surface area (Å²) < 4.78 is 0. The molecule has 26 heavy (non-hydrogen) atoms. The van der Waals surface area contributed by atoms with Crippen molar-refractivity contribution in [3.05, 3.63) is 107 Å². The van der Waals surface area contributed by atoms with Gasteiger partial charge in [0.25, 0.3) is 0 Å². The van der Waals surface area contributed by atoms with Crippen molar-refractivity contribution in [2.45, 2.75) is 9.79 Å². The lowest BCUT2D eigenvalue weighted by Gasteiger charge is -2.24. The highest BCUT2D eigenvalue weighted by atomic mass is 32.2. The molecule has 0 nitrogen and oxygen atoms in total. The second kappa shape index (κ2) is 7.45. The van der Waals surface area contributed by atoms with Crippen LogP contribution in [0.2, 0.25) is 0 Å². The minimum atomic E-state index is -0.421. The number of thiol groups is 2. The fourth-order valence-electron chi connectivity index (χ4n) is 3.42. The van der Waals surface area contributed by atoms with Crippen LogP contribution in [-0.2, 0) is 0 Å². The molecule has 2 aliphatic heterocycles. The molecule has 4 rings (SSSR count). The van der Waals surface area contributed by atoms with Crippen LogP contribution in [-0.4, -0.2) is 0 Å². The van der Waals surface area contributed by atoms with Crippen LogP contribution in [0, 0.1) is 0 Å². The van der Waals surface area contributed by atoms with E-state index in [9.17, 15) is 0 Å². The Labute approximate surface area is 161 Å². The summed E-state index contributed by atoms with van der Waals surface area (Å²) in [4.78, 5) is 2.78. The van der Waals surface area contributed by atoms with Gasteiger partial charge < -0.3 is 0 Å². The van der Waals surface area contributed by atoms with Crippen molar-refractivity contribution in [1.29, 1.82) is 0 Å². The third-order valence-electron chi connectivity index (χ3n) is 4.60. The molecule has 2 heteroatoms. The van der Waals surface area contributed by atoms with E-state index in [0.29, 0.717) is 0 Å². The summed E-state index contributed by atoms with van der Waals surface area (Å²) in [7, 11) is -0.841. The Hall–Kier alpha value is -2.42. The van der Waals surface area contributed by atoms with E-state index < -0.39 is 21.8 Å². The first-order chi connectivity index (χ1) is 12.8. The predicted octanol–water partition coefficient (Wildman–Crippen LogP) is 7.44. The molecule has 0 atom stereocenters. The Kier molecular flexibility index (Phi) is 4.87. The first-order valence-corrected chi connectivity index (χ1v) is 11.6. The number of hydrogen-bond donors (Lipinski definition) is 2. The molecule has 0 aliphatic carbocycles. The molecular formula is C24H22S2. The molecule has 0 radical (unpaired) electrons. The highest BCUT2D eigenvalue weighted by Gasteiger charge is 2.20. The predicted molar refractivity (Wildman–Crippen MR) is 123 cm³/mol. The smallest absolute Gasteiger partial charge is 0.00303 e. The van der Waals surface area contributed by atoms with Crippen LogP contribution < -0.4 is 0 Å². The van der Waals surface area contributed by atoms with Crippen molar-refractivity contribution in [3.63, 3.8) is 0 Å². The van der Waals surface area contributed by atoms with E-state index in [0.717, 1.165) is 0 Å².